The number of ether oxygens (including phenoxy) is 3. The zero-order valence-electron chi connectivity index (χ0n) is 17.6. The van der Waals surface area contributed by atoms with E-state index in [1.54, 1.807) is 0 Å². The Morgan fingerprint density at radius 2 is 2.00 bits per heavy atom. The van der Waals surface area contributed by atoms with Gasteiger partial charge in [-0.1, -0.05) is 0 Å². The molecule has 1 fully saturated rings. The molecule has 1 aliphatic rings. The molecule has 0 amide bonds. The van der Waals surface area contributed by atoms with Crippen LogP contribution >= 0.6 is 7.82 Å². The van der Waals surface area contributed by atoms with Crippen LogP contribution in [0.15, 0.2) is 24.8 Å². The normalized spacial score (nSPS) is 22.7. The molecule has 16 heteroatoms. The third-order valence-corrected chi connectivity index (χ3v) is 5.52. The molecule has 4 atom stereocenters. The van der Waals surface area contributed by atoms with Crippen LogP contribution in [0.3, 0.4) is 0 Å². The summed E-state index contributed by atoms with van der Waals surface area (Å²) in [6.45, 7) is -0.707. The van der Waals surface area contributed by atoms with Gasteiger partial charge in [0, 0.05) is 6.54 Å². The van der Waals surface area contributed by atoms with Crippen LogP contribution in [0, 0.1) is 0 Å². The Hall–Kier alpha value is -3.04. The van der Waals surface area contributed by atoms with Gasteiger partial charge >= 0.3 is 7.82 Å². The van der Waals surface area contributed by atoms with Crippen molar-refractivity contribution in [2.75, 3.05) is 19.0 Å². The summed E-state index contributed by atoms with van der Waals surface area (Å²) >= 11 is 0. The number of phenols is 1. The van der Waals surface area contributed by atoms with Crippen molar-refractivity contribution in [3.05, 3.63) is 30.4 Å². The lowest BCUT2D eigenvalue weighted by molar-refractivity contribution is -0.116. The van der Waals surface area contributed by atoms with E-state index in [9.17, 15) is 19.9 Å². The molecule has 3 heterocycles. The van der Waals surface area contributed by atoms with Gasteiger partial charge in [0.1, 0.15) is 35.9 Å². The molecule has 184 valence electrons. The van der Waals surface area contributed by atoms with Crippen LogP contribution < -0.4 is 14.8 Å². The number of nitrogens with one attached hydrogen (secondary N) is 2. The summed E-state index contributed by atoms with van der Waals surface area (Å²) in [5, 5.41) is 34.1. The highest BCUT2D eigenvalue weighted by molar-refractivity contribution is 7.46. The summed E-state index contributed by atoms with van der Waals surface area (Å²) in [7, 11) is -3.45. The molecule has 1 saturated heterocycles. The Balaban J connectivity index is 1.56. The molecule has 4 rings (SSSR count). The van der Waals surface area contributed by atoms with E-state index in [1.165, 1.54) is 31.9 Å². The minimum absolute atomic E-state index is 0.00211. The Kier molecular flexibility index (Phi) is 6.86. The van der Waals surface area contributed by atoms with Crippen molar-refractivity contribution in [3.8, 4) is 17.2 Å². The average Bonchev–Trinajstić information content (AvgIpc) is 3.38. The number of imidazole rings is 1. The van der Waals surface area contributed by atoms with E-state index in [2.05, 4.69) is 29.8 Å². The lowest BCUT2D eigenvalue weighted by atomic mass is 10.1. The zero-order valence-corrected chi connectivity index (χ0v) is 18.5. The fourth-order valence-corrected chi connectivity index (χ4v) is 3.71. The molecule has 34 heavy (non-hydrogen) atoms. The minimum Gasteiger partial charge on any atom is -0.507 e. The van der Waals surface area contributed by atoms with Gasteiger partial charge in [-0.05, 0) is 12.1 Å². The molecule has 0 radical (unpaired) electrons. The molecule has 15 nitrogen and oxygen atoms in total. The predicted octanol–water partition coefficient (Wildman–Crippen LogP) is -0.386. The van der Waals surface area contributed by atoms with Gasteiger partial charge in [-0.2, -0.15) is 0 Å². The van der Waals surface area contributed by atoms with Gasteiger partial charge in [0.25, 0.3) is 0 Å². The number of hydrogen-bond acceptors (Lipinski definition) is 12. The van der Waals surface area contributed by atoms with Gasteiger partial charge in [0.2, 0.25) is 6.29 Å². The first-order chi connectivity index (χ1) is 16.2. The van der Waals surface area contributed by atoms with Crippen molar-refractivity contribution in [1.82, 2.24) is 19.9 Å². The zero-order chi connectivity index (χ0) is 24.5. The number of nitrogens with zero attached hydrogens (tertiary/aromatic N) is 3. The predicted molar refractivity (Wildman–Crippen MR) is 113 cm³/mol. The van der Waals surface area contributed by atoms with Crippen molar-refractivity contribution in [3.63, 3.8) is 0 Å². The van der Waals surface area contributed by atoms with Crippen molar-refractivity contribution < 1.29 is 48.4 Å². The molecule has 1 unspecified atom stereocenters. The molecular formula is C18H22N5O10P. The van der Waals surface area contributed by atoms with E-state index in [1.807, 2.05) is 0 Å². The van der Waals surface area contributed by atoms with Crippen LogP contribution in [0.4, 0.5) is 5.82 Å². The molecular weight excluding hydrogens is 477 g/mol. The van der Waals surface area contributed by atoms with E-state index >= 15 is 0 Å². The van der Waals surface area contributed by atoms with Crippen LogP contribution in [0.5, 0.6) is 17.2 Å². The summed E-state index contributed by atoms with van der Waals surface area (Å²) in [6, 6.07) is 2.81. The molecule has 1 aliphatic heterocycles. The number of phosphoric ester groups is 1. The fourth-order valence-electron chi connectivity index (χ4n) is 3.36. The fraction of sp³-hybridized carbons (Fsp3) is 0.389. The number of aromatic amines is 1. The van der Waals surface area contributed by atoms with E-state index in [0.717, 1.165) is 0 Å². The largest absolute Gasteiger partial charge is 0.507 e. The van der Waals surface area contributed by atoms with E-state index in [-0.39, 0.29) is 29.4 Å². The number of anilines is 1. The van der Waals surface area contributed by atoms with Crippen LogP contribution in [0.1, 0.15) is 5.56 Å². The number of fused-ring (bicyclic) bond motifs is 1. The highest BCUT2D eigenvalue weighted by Gasteiger charge is 2.45. The third kappa shape index (κ3) is 5.05. The van der Waals surface area contributed by atoms with Crippen molar-refractivity contribution in [1.29, 1.82) is 0 Å². The van der Waals surface area contributed by atoms with Crippen LogP contribution in [-0.2, 0) is 20.4 Å². The summed E-state index contributed by atoms with van der Waals surface area (Å²) in [4.78, 5) is 32.9. The van der Waals surface area contributed by atoms with Gasteiger partial charge in [-0.3, -0.25) is 4.52 Å². The quantitative estimate of drug-likeness (QED) is 0.186. The number of rotatable bonds is 9. The number of aromatic hydroxyl groups is 1. The minimum atomic E-state index is -4.82. The second-order valence-electron chi connectivity index (χ2n) is 7.20. The molecule has 2 aromatic heterocycles. The smallest absolute Gasteiger partial charge is 0.469 e. The van der Waals surface area contributed by atoms with Gasteiger partial charge in [0.15, 0.2) is 23.0 Å². The Bertz CT molecular complexity index is 1200. The number of aromatic nitrogens is 4. The van der Waals surface area contributed by atoms with E-state index < -0.39 is 39.0 Å². The van der Waals surface area contributed by atoms with Crippen LogP contribution in [-0.4, -0.2) is 83.4 Å². The maximum Gasteiger partial charge on any atom is 0.469 e. The summed E-state index contributed by atoms with van der Waals surface area (Å²) in [6.07, 6.45) is -3.13. The molecule has 0 aliphatic carbocycles. The van der Waals surface area contributed by atoms with Crippen LogP contribution in [0.25, 0.3) is 11.2 Å². The topological polar surface area (TPSA) is 222 Å². The van der Waals surface area contributed by atoms with Gasteiger partial charge in [-0.15, -0.1) is 0 Å². The van der Waals surface area contributed by atoms with E-state index in [4.69, 9.17) is 24.0 Å². The molecule has 1 aromatic carbocycles. The number of aliphatic hydroxyl groups excluding tert-OH is 2. The highest BCUT2D eigenvalue weighted by Crippen LogP contribution is 2.41. The number of methoxy groups -OCH3 is 1. The Labute approximate surface area is 191 Å². The SMILES string of the molecule is COc1ccc(O)c(CNc2ncnc3nc[nH]c23)c1OC1O[C@H](COP(=O)(O)O)[C@@H](O)[C@H]1O. The van der Waals surface area contributed by atoms with Crippen molar-refractivity contribution in [2.45, 2.75) is 31.1 Å². The molecule has 3 aromatic rings. The standard InChI is InChI=1S/C18H22N5O10P/c1-30-10-3-2-9(24)8(4-19-16-12-17(21-6-20-12)23-7-22-16)15(10)33-18-14(26)13(25)11(32-18)5-31-34(27,28)29/h2-3,6-7,11,13-14,18,24-26H,4-5H2,1H3,(H2,27,28,29)(H2,19,20,21,22,23)/t11-,13-,14-,18?/m1/s1. The second-order valence-corrected chi connectivity index (χ2v) is 8.44. The second kappa shape index (κ2) is 9.68. The third-order valence-electron chi connectivity index (χ3n) is 5.03. The van der Waals surface area contributed by atoms with Gasteiger partial charge in [-0.25, -0.2) is 19.5 Å². The van der Waals surface area contributed by atoms with Crippen LogP contribution in [0.2, 0.25) is 0 Å². The van der Waals surface area contributed by atoms with Gasteiger partial charge < -0.3 is 49.6 Å². The number of H-pyrrole nitrogens is 1. The number of hydrogen-bond donors (Lipinski definition) is 7. The first-order valence-electron chi connectivity index (χ1n) is 9.83. The van der Waals surface area contributed by atoms with Crippen molar-refractivity contribution in [2.24, 2.45) is 0 Å². The molecule has 0 saturated carbocycles. The summed E-state index contributed by atoms with van der Waals surface area (Å²) < 4.78 is 31.8. The monoisotopic (exact) mass is 499 g/mol. The number of phenolic OH excluding ortho intramolecular Hbond substituents is 1. The lowest BCUT2D eigenvalue weighted by Crippen LogP contribution is -2.36. The van der Waals surface area contributed by atoms with Gasteiger partial charge in [0.05, 0.1) is 25.6 Å². The Morgan fingerprint density at radius 3 is 2.74 bits per heavy atom. The molecule has 7 N–H and O–H groups in total. The van der Waals surface area contributed by atoms with Crippen molar-refractivity contribution >= 4 is 24.8 Å². The number of benzene rings is 1. The summed E-state index contributed by atoms with van der Waals surface area (Å²) in [5.41, 5.74) is 1.19. The summed E-state index contributed by atoms with van der Waals surface area (Å²) in [5.74, 6) is 0.410. The maximum atomic E-state index is 10.9. The highest BCUT2D eigenvalue weighted by atomic mass is 31.2. The van der Waals surface area contributed by atoms with E-state index in [0.29, 0.717) is 17.0 Å². The molecule has 0 spiro atoms. The maximum absolute atomic E-state index is 10.9. The number of phosphoric acid groups is 1. The first kappa shape index (κ1) is 24.1. The first-order valence-corrected chi connectivity index (χ1v) is 11.4. The molecule has 0 bridgehead atoms. The number of aliphatic hydroxyl groups is 2. The average molecular weight is 499 g/mol. The lowest BCUT2D eigenvalue weighted by Gasteiger charge is -2.22. The Morgan fingerprint density at radius 1 is 1.21 bits per heavy atom.